The van der Waals surface area contributed by atoms with Gasteiger partial charge >= 0.3 is 0 Å². The minimum atomic E-state index is -0.0901. The number of carbonyl (C=O) groups is 2. The Hall–Kier alpha value is -2.83. The number of nitrogens with one attached hydrogen (secondary N) is 1. The largest absolute Gasteiger partial charge is 0.384 e. The number of nitrogen functional groups attached to an aromatic ring is 1. The van der Waals surface area contributed by atoms with E-state index in [0.717, 1.165) is 11.1 Å². The number of aromatic nitrogens is 2. The van der Waals surface area contributed by atoms with E-state index in [1.54, 1.807) is 25.4 Å². The maximum absolute atomic E-state index is 12.0. The minimum absolute atomic E-state index is 0.0715. The second-order valence-corrected chi connectivity index (χ2v) is 4.97. The van der Waals surface area contributed by atoms with Gasteiger partial charge in [-0.05, 0) is 17.7 Å². The average molecular weight is 285 g/mol. The van der Waals surface area contributed by atoms with Crippen LogP contribution in [0.1, 0.15) is 0 Å². The molecule has 2 amide bonds. The molecule has 1 aromatic heterocycles. The van der Waals surface area contributed by atoms with Crippen LogP contribution in [0, 0.1) is 0 Å². The Morgan fingerprint density at radius 2 is 1.86 bits per heavy atom. The van der Waals surface area contributed by atoms with Crippen molar-refractivity contribution >= 4 is 23.3 Å². The van der Waals surface area contributed by atoms with Gasteiger partial charge in [-0.15, -0.1) is 0 Å². The molecule has 3 N–H and O–H groups in total. The van der Waals surface area contributed by atoms with Gasteiger partial charge in [0.15, 0.2) is 0 Å². The lowest BCUT2D eigenvalue weighted by molar-refractivity contribution is -0.136. The highest BCUT2D eigenvalue weighted by atomic mass is 16.2. The first kappa shape index (κ1) is 13.2. The van der Waals surface area contributed by atoms with Gasteiger partial charge in [0.1, 0.15) is 12.4 Å². The van der Waals surface area contributed by atoms with Crippen molar-refractivity contribution < 1.29 is 9.59 Å². The summed E-state index contributed by atoms with van der Waals surface area (Å²) in [4.78, 5) is 26.7. The Kier molecular flexibility index (Phi) is 3.09. The van der Waals surface area contributed by atoms with E-state index in [9.17, 15) is 9.59 Å². The molecule has 7 heteroatoms. The number of rotatable bonds is 2. The number of carbonyl (C=O) groups excluding carboxylic acids is 2. The zero-order valence-electron chi connectivity index (χ0n) is 11.5. The molecule has 1 aromatic carbocycles. The Bertz CT molecular complexity index is 692. The third kappa shape index (κ3) is 2.33. The molecule has 0 atom stereocenters. The van der Waals surface area contributed by atoms with E-state index < -0.39 is 0 Å². The van der Waals surface area contributed by atoms with Crippen molar-refractivity contribution in [3.63, 3.8) is 0 Å². The molecule has 108 valence electrons. The van der Waals surface area contributed by atoms with E-state index in [2.05, 4.69) is 10.2 Å². The van der Waals surface area contributed by atoms with Crippen molar-refractivity contribution in [2.75, 3.05) is 30.8 Å². The number of nitrogens with zero attached hydrogens (tertiary/aromatic N) is 3. The fourth-order valence-electron chi connectivity index (χ4n) is 2.30. The number of aromatic amines is 1. The molecule has 0 spiro atoms. The van der Waals surface area contributed by atoms with Crippen LogP contribution in [-0.4, -0.2) is 47.0 Å². The maximum atomic E-state index is 12.0. The number of nitrogens with two attached hydrogens (primary N) is 1. The molecule has 1 saturated heterocycles. The molecule has 21 heavy (non-hydrogen) atoms. The Morgan fingerprint density at radius 3 is 2.48 bits per heavy atom. The number of anilines is 2. The standard InChI is InChI=1S/C14H15N5O2/c1-18-7-13(21)19(8-12(18)20)10-4-2-9(3-5-10)11-6-16-17-14(11)15/h2-6H,7-8H2,1H3,(H3,15,16,17). The van der Waals surface area contributed by atoms with Crippen LogP contribution >= 0.6 is 0 Å². The summed E-state index contributed by atoms with van der Waals surface area (Å²) in [7, 11) is 1.63. The number of amides is 2. The highest BCUT2D eigenvalue weighted by Crippen LogP contribution is 2.26. The van der Waals surface area contributed by atoms with Gasteiger partial charge in [-0.3, -0.25) is 14.7 Å². The Labute approximate surface area is 121 Å². The molecule has 1 aliphatic heterocycles. The van der Waals surface area contributed by atoms with Gasteiger partial charge in [0.05, 0.1) is 12.7 Å². The first-order chi connectivity index (χ1) is 10.1. The van der Waals surface area contributed by atoms with E-state index in [0.29, 0.717) is 11.5 Å². The normalized spacial score (nSPS) is 15.7. The summed E-state index contributed by atoms with van der Waals surface area (Å²) in [5.41, 5.74) is 8.19. The monoisotopic (exact) mass is 285 g/mol. The fourth-order valence-corrected chi connectivity index (χ4v) is 2.30. The fraction of sp³-hybridized carbons (Fsp3) is 0.214. The molecule has 3 rings (SSSR count). The van der Waals surface area contributed by atoms with Crippen LogP contribution in [0.15, 0.2) is 30.5 Å². The molecule has 0 unspecified atom stereocenters. The summed E-state index contributed by atoms with van der Waals surface area (Å²) >= 11 is 0. The molecule has 2 heterocycles. The topological polar surface area (TPSA) is 95.3 Å². The number of H-pyrrole nitrogens is 1. The van der Waals surface area contributed by atoms with Crippen molar-refractivity contribution in [1.82, 2.24) is 15.1 Å². The molecular formula is C14H15N5O2. The molecule has 1 fully saturated rings. The first-order valence-corrected chi connectivity index (χ1v) is 6.50. The van der Waals surface area contributed by atoms with Gasteiger partial charge in [0, 0.05) is 18.3 Å². The molecule has 0 radical (unpaired) electrons. The van der Waals surface area contributed by atoms with E-state index in [-0.39, 0.29) is 24.9 Å². The van der Waals surface area contributed by atoms with Gasteiger partial charge in [-0.1, -0.05) is 12.1 Å². The van der Waals surface area contributed by atoms with E-state index >= 15 is 0 Å². The van der Waals surface area contributed by atoms with Gasteiger partial charge in [-0.2, -0.15) is 5.10 Å². The van der Waals surface area contributed by atoms with Crippen molar-refractivity contribution in [3.05, 3.63) is 30.5 Å². The van der Waals surface area contributed by atoms with Crippen molar-refractivity contribution in [2.45, 2.75) is 0 Å². The summed E-state index contributed by atoms with van der Waals surface area (Å²) < 4.78 is 0. The molecule has 7 nitrogen and oxygen atoms in total. The first-order valence-electron chi connectivity index (χ1n) is 6.50. The average Bonchev–Trinajstić information content (AvgIpc) is 2.89. The highest BCUT2D eigenvalue weighted by Gasteiger charge is 2.28. The Morgan fingerprint density at radius 1 is 1.14 bits per heavy atom. The zero-order valence-corrected chi connectivity index (χ0v) is 11.5. The van der Waals surface area contributed by atoms with Crippen molar-refractivity contribution in [1.29, 1.82) is 0 Å². The minimum Gasteiger partial charge on any atom is -0.384 e. The quantitative estimate of drug-likeness (QED) is 0.838. The molecule has 0 saturated carbocycles. The lowest BCUT2D eigenvalue weighted by Gasteiger charge is -2.31. The van der Waals surface area contributed by atoms with Gasteiger partial charge in [-0.25, -0.2) is 0 Å². The molecule has 2 aromatic rings. The number of hydrogen-bond acceptors (Lipinski definition) is 4. The van der Waals surface area contributed by atoms with E-state index in [4.69, 9.17) is 5.73 Å². The van der Waals surface area contributed by atoms with Crippen molar-refractivity contribution in [2.24, 2.45) is 0 Å². The van der Waals surface area contributed by atoms with Crippen LogP contribution in [0.3, 0.4) is 0 Å². The van der Waals surface area contributed by atoms with E-state index in [1.165, 1.54) is 9.80 Å². The maximum Gasteiger partial charge on any atom is 0.247 e. The summed E-state index contributed by atoms with van der Waals surface area (Å²) in [6.07, 6.45) is 1.65. The van der Waals surface area contributed by atoms with Gasteiger partial charge < -0.3 is 15.5 Å². The lowest BCUT2D eigenvalue weighted by Crippen LogP contribution is -2.52. The zero-order chi connectivity index (χ0) is 15.0. The predicted octanol–water partition coefficient (Wildman–Crippen LogP) is 0.464. The Balaban J connectivity index is 1.86. The third-order valence-electron chi connectivity index (χ3n) is 3.55. The smallest absolute Gasteiger partial charge is 0.247 e. The number of piperazine rings is 1. The summed E-state index contributed by atoms with van der Waals surface area (Å²) in [6, 6.07) is 7.32. The highest BCUT2D eigenvalue weighted by molar-refractivity contribution is 6.04. The van der Waals surface area contributed by atoms with E-state index in [1.807, 2.05) is 12.1 Å². The predicted molar refractivity (Wildman–Crippen MR) is 78.4 cm³/mol. The molecule has 0 aliphatic carbocycles. The molecular weight excluding hydrogens is 270 g/mol. The number of likely N-dealkylation sites (N-methyl/N-ethyl adjacent to an activating group) is 1. The van der Waals surface area contributed by atoms with Crippen LogP contribution < -0.4 is 10.6 Å². The molecule has 1 aliphatic rings. The molecule has 0 bridgehead atoms. The summed E-state index contributed by atoms with van der Waals surface area (Å²) in [5.74, 6) is 0.332. The second kappa shape index (κ2) is 4.93. The second-order valence-electron chi connectivity index (χ2n) is 4.97. The lowest BCUT2D eigenvalue weighted by atomic mass is 10.1. The van der Waals surface area contributed by atoms with Crippen LogP contribution in [0.4, 0.5) is 11.5 Å². The number of benzene rings is 1. The van der Waals surface area contributed by atoms with Crippen LogP contribution in [0.25, 0.3) is 11.1 Å². The van der Waals surface area contributed by atoms with Crippen LogP contribution in [-0.2, 0) is 9.59 Å². The van der Waals surface area contributed by atoms with Gasteiger partial charge in [0.2, 0.25) is 11.8 Å². The van der Waals surface area contributed by atoms with Crippen LogP contribution in [0.2, 0.25) is 0 Å². The SMILES string of the molecule is CN1CC(=O)N(c2ccc(-c3cn[nH]c3N)cc2)CC1=O. The van der Waals surface area contributed by atoms with Crippen LogP contribution in [0.5, 0.6) is 0 Å². The van der Waals surface area contributed by atoms with Gasteiger partial charge in [0.25, 0.3) is 0 Å². The third-order valence-corrected chi connectivity index (χ3v) is 3.55. The summed E-state index contributed by atoms with van der Waals surface area (Å²) in [5, 5.41) is 6.55. The van der Waals surface area contributed by atoms with Crippen molar-refractivity contribution in [3.8, 4) is 11.1 Å². The number of hydrogen-bond donors (Lipinski definition) is 2. The summed E-state index contributed by atoms with van der Waals surface area (Å²) in [6.45, 7) is 0.178.